The number of aromatic amines is 1. The van der Waals surface area contributed by atoms with E-state index in [4.69, 9.17) is 9.47 Å². The zero-order chi connectivity index (χ0) is 16.9. The van der Waals surface area contributed by atoms with Gasteiger partial charge in [-0.15, -0.1) is 0 Å². The Morgan fingerprint density at radius 3 is 2.92 bits per heavy atom. The molecule has 6 nitrogen and oxygen atoms in total. The lowest BCUT2D eigenvalue weighted by atomic mass is 10.2. The van der Waals surface area contributed by atoms with Gasteiger partial charge in [-0.3, -0.25) is 4.72 Å². The van der Waals surface area contributed by atoms with Crippen LogP contribution in [0.4, 0.5) is 5.69 Å². The molecular formula is C16H13BrN2O4S. The van der Waals surface area contributed by atoms with E-state index in [2.05, 4.69) is 25.6 Å². The van der Waals surface area contributed by atoms with Gasteiger partial charge in [0.15, 0.2) is 11.5 Å². The maximum Gasteiger partial charge on any atom is 0.264 e. The maximum atomic E-state index is 12.8. The Bertz CT molecular complexity index is 1060. The molecule has 0 bridgehead atoms. The zero-order valence-electron chi connectivity index (χ0n) is 12.6. The van der Waals surface area contributed by atoms with Crippen molar-refractivity contribution in [1.29, 1.82) is 0 Å². The standard InChI is InChI=1S/C16H13BrN2O4S/c1-9-5-10-13(6-11(9)17)18-7-15(10)24(20,21)19-12-3-2-4-14-16(12)23-8-22-14/h2-7,18-19H,8H2,1H3. The third kappa shape index (κ3) is 2.42. The topological polar surface area (TPSA) is 80.4 Å². The Kier molecular flexibility index (Phi) is 3.47. The Morgan fingerprint density at radius 1 is 1.25 bits per heavy atom. The van der Waals surface area contributed by atoms with Crippen LogP contribution < -0.4 is 14.2 Å². The molecule has 124 valence electrons. The third-order valence-corrected chi connectivity index (χ3v) is 6.11. The number of fused-ring (bicyclic) bond motifs is 2. The van der Waals surface area contributed by atoms with Crippen LogP contribution in [0.25, 0.3) is 10.9 Å². The lowest BCUT2D eigenvalue weighted by Gasteiger charge is -2.10. The minimum Gasteiger partial charge on any atom is -0.454 e. The molecule has 0 amide bonds. The number of aromatic nitrogens is 1. The second kappa shape index (κ2) is 5.42. The molecule has 1 aromatic heterocycles. The highest BCUT2D eigenvalue weighted by Gasteiger charge is 2.24. The van der Waals surface area contributed by atoms with Gasteiger partial charge in [0.05, 0.1) is 5.69 Å². The summed E-state index contributed by atoms with van der Waals surface area (Å²) in [7, 11) is -3.78. The van der Waals surface area contributed by atoms with Crippen molar-refractivity contribution in [3.63, 3.8) is 0 Å². The summed E-state index contributed by atoms with van der Waals surface area (Å²) in [6.45, 7) is 1.99. The van der Waals surface area contributed by atoms with E-state index in [1.54, 1.807) is 18.2 Å². The van der Waals surface area contributed by atoms with Crippen molar-refractivity contribution in [3.05, 3.63) is 46.6 Å². The van der Waals surface area contributed by atoms with Crippen molar-refractivity contribution >= 4 is 42.5 Å². The molecule has 8 heteroatoms. The van der Waals surface area contributed by atoms with Gasteiger partial charge in [0.2, 0.25) is 6.79 Å². The summed E-state index contributed by atoms with van der Waals surface area (Å²) in [5.74, 6) is 0.925. The van der Waals surface area contributed by atoms with Gasteiger partial charge in [0.25, 0.3) is 10.0 Å². The van der Waals surface area contributed by atoms with Crippen LogP contribution in [0.2, 0.25) is 0 Å². The summed E-state index contributed by atoms with van der Waals surface area (Å²) in [4.78, 5) is 3.18. The Labute approximate surface area is 147 Å². The number of aryl methyl sites for hydroxylation is 1. The van der Waals surface area contributed by atoms with Crippen LogP contribution in [0.15, 0.2) is 45.9 Å². The lowest BCUT2D eigenvalue weighted by molar-refractivity contribution is 0.174. The highest BCUT2D eigenvalue weighted by molar-refractivity contribution is 9.10. The van der Waals surface area contributed by atoms with Gasteiger partial charge in [-0.2, -0.15) is 0 Å². The molecule has 0 radical (unpaired) electrons. The first-order valence-corrected chi connectivity index (χ1v) is 9.42. The second-order valence-corrected chi connectivity index (χ2v) is 7.95. The monoisotopic (exact) mass is 408 g/mol. The summed E-state index contributed by atoms with van der Waals surface area (Å²) < 4.78 is 39.8. The van der Waals surface area contributed by atoms with Crippen LogP contribution in [-0.4, -0.2) is 20.2 Å². The Hall–Kier alpha value is -2.19. The van der Waals surface area contributed by atoms with Crippen molar-refractivity contribution in [2.45, 2.75) is 11.8 Å². The summed E-state index contributed by atoms with van der Waals surface area (Å²) >= 11 is 3.45. The predicted octanol–water partition coefficient (Wildman–Crippen LogP) is 3.77. The molecule has 0 atom stereocenters. The SMILES string of the molecule is Cc1cc2c(S(=O)(=O)Nc3cccc4c3OCO4)c[nH]c2cc1Br. The number of nitrogens with one attached hydrogen (secondary N) is 2. The van der Waals surface area contributed by atoms with Crippen molar-refractivity contribution in [3.8, 4) is 11.5 Å². The van der Waals surface area contributed by atoms with Crippen LogP contribution >= 0.6 is 15.9 Å². The molecule has 24 heavy (non-hydrogen) atoms. The summed E-state index contributed by atoms with van der Waals surface area (Å²) in [6.07, 6.45) is 1.49. The van der Waals surface area contributed by atoms with Crippen molar-refractivity contribution in [1.82, 2.24) is 4.98 Å². The quantitative estimate of drug-likeness (QED) is 0.690. The number of sulfonamides is 1. The third-order valence-electron chi connectivity index (χ3n) is 3.85. The summed E-state index contributed by atoms with van der Waals surface area (Å²) in [5, 5.41) is 0.632. The molecule has 0 saturated carbocycles. The lowest BCUT2D eigenvalue weighted by Crippen LogP contribution is -2.13. The number of hydrogen-bond donors (Lipinski definition) is 2. The average Bonchev–Trinajstić information content (AvgIpc) is 3.15. The van der Waals surface area contributed by atoms with E-state index in [1.165, 1.54) is 6.20 Å². The van der Waals surface area contributed by atoms with E-state index in [-0.39, 0.29) is 11.7 Å². The second-order valence-electron chi connectivity index (χ2n) is 5.44. The van der Waals surface area contributed by atoms with Crippen LogP contribution in [0.5, 0.6) is 11.5 Å². The van der Waals surface area contributed by atoms with Crippen LogP contribution in [0, 0.1) is 6.92 Å². The molecule has 0 unspecified atom stereocenters. The minimum absolute atomic E-state index is 0.0778. The number of halogens is 1. The normalized spacial score (nSPS) is 13.4. The number of H-pyrrole nitrogens is 1. The highest BCUT2D eigenvalue weighted by Crippen LogP contribution is 2.40. The van der Waals surface area contributed by atoms with E-state index in [9.17, 15) is 8.42 Å². The van der Waals surface area contributed by atoms with Gasteiger partial charge in [0, 0.05) is 21.6 Å². The molecule has 1 aliphatic heterocycles. The van der Waals surface area contributed by atoms with Crippen LogP contribution in [-0.2, 0) is 10.0 Å². The molecule has 1 aliphatic rings. The molecule has 4 rings (SSSR count). The largest absolute Gasteiger partial charge is 0.454 e. The number of para-hydroxylation sites is 1. The number of ether oxygens (including phenoxy) is 2. The van der Waals surface area contributed by atoms with E-state index < -0.39 is 10.0 Å². The van der Waals surface area contributed by atoms with Gasteiger partial charge in [0.1, 0.15) is 4.90 Å². The Morgan fingerprint density at radius 2 is 2.08 bits per heavy atom. The first-order chi connectivity index (χ1) is 11.5. The van der Waals surface area contributed by atoms with Gasteiger partial charge >= 0.3 is 0 Å². The fourth-order valence-electron chi connectivity index (χ4n) is 2.66. The number of rotatable bonds is 3. The molecular weight excluding hydrogens is 396 g/mol. The molecule has 0 saturated heterocycles. The van der Waals surface area contributed by atoms with Crippen LogP contribution in [0.3, 0.4) is 0 Å². The zero-order valence-corrected chi connectivity index (χ0v) is 15.0. The molecule has 0 fully saturated rings. The molecule has 0 spiro atoms. The fraction of sp³-hybridized carbons (Fsp3) is 0.125. The van der Waals surface area contributed by atoms with E-state index in [1.807, 2.05) is 19.1 Å². The molecule has 3 aromatic rings. The molecule has 2 heterocycles. The summed E-state index contributed by atoms with van der Waals surface area (Å²) in [6, 6.07) is 8.77. The van der Waals surface area contributed by atoms with Crippen LogP contribution in [0.1, 0.15) is 5.56 Å². The van der Waals surface area contributed by atoms with Gasteiger partial charge in [-0.1, -0.05) is 22.0 Å². The first kappa shape index (κ1) is 15.3. The molecule has 0 aliphatic carbocycles. The first-order valence-electron chi connectivity index (χ1n) is 7.14. The van der Waals surface area contributed by atoms with Gasteiger partial charge in [-0.25, -0.2) is 8.42 Å². The highest BCUT2D eigenvalue weighted by atomic mass is 79.9. The molecule has 2 N–H and O–H groups in total. The van der Waals surface area contributed by atoms with Crippen molar-refractivity contribution < 1.29 is 17.9 Å². The Balaban J connectivity index is 1.79. The van der Waals surface area contributed by atoms with Crippen molar-refractivity contribution in [2.24, 2.45) is 0 Å². The average molecular weight is 409 g/mol. The summed E-state index contributed by atoms with van der Waals surface area (Å²) in [5.41, 5.74) is 2.05. The van der Waals surface area contributed by atoms with E-state index in [0.29, 0.717) is 22.6 Å². The number of benzene rings is 2. The number of hydrogen-bond acceptors (Lipinski definition) is 4. The minimum atomic E-state index is -3.78. The fourth-order valence-corrected chi connectivity index (χ4v) is 4.23. The molecule has 2 aromatic carbocycles. The van der Waals surface area contributed by atoms with E-state index >= 15 is 0 Å². The number of anilines is 1. The van der Waals surface area contributed by atoms with E-state index in [0.717, 1.165) is 15.6 Å². The smallest absolute Gasteiger partial charge is 0.264 e. The van der Waals surface area contributed by atoms with Gasteiger partial charge in [-0.05, 0) is 36.8 Å². The predicted molar refractivity (Wildman–Crippen MR) is 94.1 cm³/mol. The van der Waals surface area contributed by atoms with Crippen molar-refractivity contribution in [2.75, 3.05) is 11.5 Å². The maximum absolute atomic E-state index is 12.8. The van der Waals surface area contributed by atoms with Gasteiger partial charge < -0.3 is 14.5 Å².